The minimum absolute atomic E-state index is 0.230. The average Bonchev–Trinajstić information content (AvgIpc) is 2.55. The molecule has 0 aliphatic rings. The van der Waals surface area contributed by atoms with Gasteiger partial charge in [-0.3, -0.25) is 0 Å². The monoisotopic (exact) mass is 376 g/mol. The van der Waals surface area contributed by atoms with Crippen LogP contribution in [0, 0.1) is 0 Å². The minimum atomic E-state index is -1.06. The van der Waals surface area contributed by atoms with Crippen LogP contribution in [0.25, 0.3) is 6.08 Å². The summed E-state index contributed by atoms with van der Waals surface area (Å²) in [6.45, 7) is 0. The Hall–Kier alpha value is -2.60. The molecule has 0 unspecified atom stereocenters. The normalized spacial score (nSPS) is 10.5. The van der Waals surface area contributed by atoms with Crippen LogP contribution in [-0.4, -0.2) is 24.2 Å². The Morgan fingerprint density at radius 1 is 1.17 bits per heavy atom. The van der Waals surface area contributed by atoms with Crippen molar-refractivity contribution in [3.8, 4) is 11.5 Å². The molecule has 1 N–H and O–H groups in total. The molecule has 0 saturated heterocycles. The van der Waals surface area contributed by atoms with Crippen LogP contribution in [0.15, 0.2) is 53.0 Å². The second kappa shape index (κ2) is 7.60. The van der Waals surface area contributed by atoms with Crippen molar-refractivity contribution >= 4 is 33.9 Å². The highest BCUT2D eigenvalue weighted by Crippen LogP contribution is 2.37. The number of carbonyl (C=O) groups excluding carboxylic acids is 1. The van der Waals surface area contributed by atoms with Gasteiger partial charge in [-0.25, -0.2) is 9.59 Å². The molecular formula is C17H13BrO5. The Bertz CT molecular complexity index is 753. The van der Waals surface area contributed by atoms with Crippen LogP contribution in [-0.2, 0) is 4.79 Å². The second-order valence-electron chi connectivity index (χ2n) is 4.46. The summed E-state index contributed by atoms with van der Waals surface area (Å²) >= 11 is 3.31. The number of methoxy groups -OCH3 is 1. The number of hydrogen-bond donors (Lipinski definition) is 1. The number of aliphatic carboxylic acids is 1. The van der Waals surface area contributed by atoms with Gasteiger partial charge in [0.1, 0.15) is 0 Å². The molecule has 0 aromatic heterocycles. The van der Waals surface area contributed by atoms with Gasteiger partial charge in [0, 0.05) is 6.08 Å². The molecule has 0 heterocycles. The highest BCUT2D eigenvalue weighted by molar-refractivity contribution is 9.10. The smallest absolute Gasteiger partial charge is 0.343 e. The van der Waals surface area contributed by atoms with E-state index in [1.54, 1.807) is 42.5 Å². The zero-order valence-electron chi connectivity index (χ0n) is 12.2. The summed E-state index contributed by atoms with van der Waals surface area (Å²) in [4.78, 5) is 22.7. The van der Waals surface area contributed by atoms with Gasteiger partial charge in [-0.2, -0.15) is 0 Å². The van der Waals surface area contributed by atoms with E-state index in [9.17, 15) is 9.59 Å². The van der Waals surface area contributed by atoms with Crippen LogP contribution in [0.3, 0.4) is 0 Å². The number of hydrogen-bond acceptors (Lipinski definition) is 4. The lowest BCUT2D eigenvalue weighted by atomic mass is 10.2. The van der Waals surface area contributed by atoms with E-state index < -0.39 is 11.9 Å². The number of carboxylic acids is 1. The first kappa shape index (κ1) is 16.8. The summed E-state index contributed by atoms with van der Waals surface area (Å²) in [7, 11) is 1.44. The number of ether oxygens (including phenoxy) is 2. The van der Waals surface area contributed by atoms with Crippen molar-refractivity contribution in [1.29, 1.82) is 0 Å². The molecule has 0 saturated carbocycles. The molecule has 2 aromatic carbocycles. The fraction of sp³-hybridized carbons (Fsp3) is 0.0588. The number of esters is 1. The van der Waals surface area contributed by atoms with E-state index in [1.165, 1.54) is 13.2 Å². The van der Waals surface area contributed by atoms with Crippen molar-refractivity contribution in [2.24, 2.45) is 0 Å². The molecule has 0 aliphatic heterocycles. The van der Waals surface area contributed by atoms with Gasteiger partial charge in [0.05, 0.1) is 17.1 Å². The van der Waals surface area contributed by atoms with Crippen LogP contribution in [0.1, 0.15) is 15.9 Å². The van der Waals surface area contributed by atoms with Gasteiger partial charge in [-0.15, -0.1) is 0 Å². The van der Waals surface area contributed by atoms with Gasteiger partial charge in [0.2, 0.25) is 0 Å². The molecule has 0 bridgehead atoms. The Morgan fingerprint density at radius 2 is 1.87 bits per heavy atom. The standard InChI is InChI=1S/C17H13BrO5/c1-22-14-10-11(7-8-15(19)20)9-13(18)16(14)23-17(21)12-5-3-2-4-6-12/h2-10H,1H3,(H,19,20)/b8-7+. The molecule has 0 spiro atoms. The largest absolute Gasteiger partial charge is 0.493 e. The Kier molecular flexibility index (Phi) is 5.54. The molecule has 6 heteroatoms. The number of benzene rings is 2. The quantitative estimate of drug-likeness (QED) is 0.488. The van der Waals surface area contributed by atoms with Crippen molar-refractivity contribution < 1.29 is 24.2 Å². The van der Waals surface area contributed by atoms with Crippen LogP contribution in [0.4, 0.5) is 0 Å². The summed E-state index contributed by atoms with van der Waals surface area (Å²) in [6.07, 6.45) is 2.43. The summed E-state index contributed by atoms with van der Waals surface area (Å²) in [6, 6.07) is 11.8. The summed E-state index contributed by atoms with van der Waals surface area (Å²) in [5, 5.41) is 8.67. The molecule has 0 amide bonds. The zero-order valence-corrected chi connectivity index (χ0v) is 13.7. The van der Waals surface area contributed by atoms with Crippen molar-refractivity contribution in [1.82, 2.24) is 0 Å². The fourth-order valence-electron chi connectivity index (χ4n) is 1.83. The molecule has 0 fully saturated rings. The predicted molar refractivity (Wildman–Crippen MR) is 88.8 cm³/mol. The molecule has 0 atom stereocenters. The zero-order chi connectivity index (χ0) is 16.8. The number of carboxylic acid groups (broad SMARTS) is 1. The lowest BCUT2D eigenvalue weighted by Gasteiger charge is -2.12. The fourth-order valence-corrected chi connectivity index (χ4v) is 2.37. The Balaban J connectivity index is 2.31. The summed E-state index contributed by atoms with van der Waals surface area (Å²) in [5.74, 6) is -1.03. The van der Waals surface area contributed by atoms with Crippen LogP contribution in [0.5, 0.6) is 11.5 Å². The maximum Gasteiger partial charge on any atom is 0.343 e. The van der Waals surface area contributed by atoms with Gasteiger partial charge in [0.25, 0.3) is 0 Å². The molecule has 0 radical (unpaired) electrons. The van der Waals surface area contributed by atoms with Crippen molar-refractivity contribution in [3.63, 3.8) is 0 Å². The maximum atomic E-state index is 12.1. The molecule has 2 rings (SSSR count). The van der Waals surface area contributed by atoms with E-state index in [2.05, 4.69) is 15.9 Å². The Morgan fingerprint density at radius 3 is 2.48 bits per heavy atom. The van der Waals surface area contributed by atoms with E-state index in [1.807, 2.05) is 0 Å². The van der Waals surface area contributed by atoms with Gasteiger partial charge in [-0.05, 0) is 51.8 Å². The number of rotatable bonds is 5. The molecule has 118 valence electrons. The van der Waals surface area contributed by atoms with E-state index in [0.29, 0.717) is 21.3 Å². The SMILES string of the molecule is COc1cc(/C=C/C(=O)O)cc(Br)c1OC(=O)c1ccccc1. The molecule has 23 heavy (non-hydrogen) atoms. The predicted octanol–water partition coefficient (Wildman–Crippen LogP) is 3.77. The van der Waals surface area contributed by atoms with E-state index in [-0.39, 0.29) is 5.75 Å². The molecule has 5 nitrogen and oxygen atoms in total. The first-order valence-electron chi connectivity index (χ1n) is 6.57. The van der Waals surface area contributed by atoms with Crippen LogP contribution >= 0.6 is 15.9 Å². The van der Waals surface area contributed by atoms with Gasteiger partial charge in [0.15, 0.2) is 11.5 Å². The van der Waals surface area contributed by atoms with Gasteiger partial charge < -0.3 is 14.6 Å². The highest BCUT2D eigenvalue weighted by Gasteiger charge is 2.16. The minimum Gasteiger partial charge on any atom is -0.493 e. The summed E-state index contributed by atoms with van der Waals surface area (Å²) < 4.78 is 11.1. The maximum absolute atomic E-state index is 12.1. The highest BCUT2D eigenvalue weighted by atomic mass is 79.9. The van der Waals surface area contributed by atoms with E-state index in [0.717, 1.165) is 6.08 Å². The van der Waals surface area contributed by atoms with E-state index in [4.69, 9.17) is 14.6 Å². The second-order valence-corrected chi connectivity index (χ2v) is 5.32. The first-order valence-corrected chi connectivity index (χ1v) is 7.36. The van der Waals surface area contributed by atoms with Crippen LogP contribution in [0.2, 0.25) is 0 Å². The Labute approximate surface area is 141 Å². The van der Waals surface area contributed by atoms with Crippen molar-refractivity contribution in [2.75, 3.05) is 7.11 Å². The third kappa shape index (κ3) is 4.43. The van der Waals surface area contributed by atoms with E-state index >= 15 is 0 Å². The first-order chi connectivity index (χ1) is 11.0. The van der Waals surface area contributed by atoms with Gasteiger partial charge >= 0.3 is 11.9 Å². The number of halogens is 1. The molecule has 0 aliphatic carbocycles. The molecule has 2 aromatic rings. The average molecular weight is 377 g/mol. The third-order valence-electron chi connectivity index (χ3n) is 2.87. The number of carbonyl (C=O) groups is 2. The van der Waals surface area contributed by atoms with Crippen LogP contribution < -0.4 is 9.47 Å². The molecular weight excluding hydrogens is 364 g/mol. The topological polar surface area (TPSA) is 72.8 Å². The van der Waals surface area contributed by atoms with Crippen molar-refractivity contribution in [2.45, 2.75) is 0 Å². The summed E-state index contributed by atoms with van der Waals surface area (Å²) in [5.41, 5.74) is 1.01. The lowest BCUT2D eigenvalue weighted by Crippen LogP contribution is -2.09. The lowest BCUT2D eigenvalue weighted by molar-refractivity contribution is -0.131. The third-order valence-corrected chi connectivity index (χ3v) is 3.46. The van der Waals surface area contributed by atoms with Gasteiger partial charge in [-0.1, -0.05) is 18.2 Å². The van der Waals surface area contributed by atoms with Crippen molar-refractivity contribution in [3.05, 3.63) is 64.1 Å².